The number of carboxylic acids is 1. The summed E-state index contributed by atoms with van der Waals surface area (Å²) in [6.07, 6.45) is 1.27. The number of aromatic nitrogens is 2. The zero-order valence-corrected chi connectivity index (χ0v) is 21.7. The molecule has 1 fully saturated rings. The quantitative estimate of drug-likeness (QED) is 0.150. The second-order valence-corrected chi connectivity index (χ2v) is 11.4. The smallest absolute Gasteiger partial charge is 0.407 e. The van der Waals surface area contributed by atoms with E-state index in [0.29, 0.717) is 6.42 Å². The number of nitrogens with zero attached hydrogens (tertiary/aromatic N) is 4. The van der Waals surface area contributed by atoms with Crippen molar-refractivity contribution in [3.8, 4) is 0 Å². The van der Waals surface area contributed by atoms with Gasteiger partial charge in [0.05, 0.1) is 11.8 Å². The average Bonchev–Trinajstić information content (AvgIpc) is 3.16. The summed E-state index contributed by atoms with van der Waals surface area (Å²) in [5.74, 6) is -2.36. The third-order valence-electron chi connectivity index (χ3n) is 4.64. The van der Waals surface area contributed by atoms with Crippen LogP contribution in [0.15, 0.2) is 16.9 Å². The van der Waals surface area contributed by atoms with Crippen LogP contribution in [0.5, 0.6) is 0 Å². The van der Waals surface area contributed by atoms with Crippen LogP contribution in [0.1, 0.15) is 46.4 Å². The van der Waals surface area contributed by atoms with Gasteiger partial charge in [-0.2, -0.15) is 9.36 Å². The number of carbonyl (C=O) groups excluding carboxylic acids is 3. The van der Waals surface area contributed by atoms with Gasteiger partial charge in [0.1, 0.15) is 22.8 Å². The van der Waals surface area contributed by atoms with Crippen LogP contribution in [0.3, 0.4) is 0 Å². The number of carbonyl (C=O) groups is 4. The van der Waals surface area contributed by atoms with E-state index in [1.54, 1.807) is 27.7 Å². The fourth-order valence-electron chi connectivity index (χ4n) is 3.20. The number of nitrogens with one attached hydrogen (secondary N) is 2. The molecule has 1 aromatic heterocycles. The first kappa shape index (κ1) is 27.2. The minimum Gasteiger partial charge on any atom is -0.477 e. The van der Waals surface area contributed by atoms with Crippen molar-refractivity contribution in [3.05, 3.63) is 17.6 Å². The van der Waals surface area contributed by atoms with Crippen molar-refractivity contribution in [2.24, 2.45) is 5.16 Å². The van der Waals surface area contributed by atoms with Gasteiger partial charge in [-0.3, -0.25) is 14.5 Å². The molecule has 0 aliphatic carbocycles. The molecule has 0 spiro atoms. The van der Waals surface area contributed by atoms with Gasteiger partial charge in [-0.15, -0.1) is 11.8 Å². The van der Waals surface area contributed by atoms with Crippen molar-refractivity contribution in [3.63, 3.8) is 0 Å². The number of hydrogen-bond acceptors (Lipinski definition) is 12. The highest BCUT2D eigenvalue weighted by Gasteiger charge is 2.49. The summed E-state index contributed by atoms with van der Waals surface area (Å²) in [6, 6.07) is 0. The number of alkyl carbamates (subject to hydrolysis) is 1. The third kappa shape index (κ3) is 6.84. The second kappa shape index (κ2) is 10.7. The number of anilines is 1. The standard InChI is InChI=1S/C20H27N7O7S2/c1-19(2,3)34-18(32)22-6-5-7-33-25-13(14-23-17(21)36-26-14)15(29)24-20(4)9-10(16(30)31)27-11(28)8-12(27)35-20/h9,12H,5-8H2,1-4H3,(H,22,32)(H,24,29)(H,30,31)(H2,21,23,26)/t12-,20?/m1/s1. The van der Waals surface area contributed by atoms with Crippen LogP contribution in [0.2, 0.25) is 0 Å². The SMILES string of the molecule is CC(C)(C)OC(=O)NCCCON=C(C(=O)NC1(C)C=C(C(=O)O)N2C(=O)C[C@H]2S1)c1nsc(N)n1. The molecule has 3 heterocycles. The Hall–Kier alpha value is -3.40. The van der Waals surface area contributed by atoms with Crippen molar-refractivity contribution in [1.29, 1.82) is 0 Å². The predicted molar refractivity (Wildman–Crippen MR) is 131 cm³/mol. The number of oxime groups is 1. The number of ether oxygens (including phenoxy) is 1. The molecule has 0 bridgehead atoms. The molecule has 3 rings (SSSR count). The number of nitrogen functional groups attached to an aromatic ring is 1. The van der Waals surface area contributed by atoms with E-state index in [1.807, 2.05) is 0 Å². The number of amides is 3. The topological polar surface area (TPSA) is 198 Å². The normalized spacial score (nSPS) is 21.6. The Balaban J connectivity index is 1.65. The summed E-state index contributed by atoms with van der Waals surface area (Å²) in [5, 5.41) is 18.4. The van der Waals surface area contributed by atoms with E-state index in [4.69, 9.17) is 15.3 Å². The van der Waals surface area contributed by atoms with Gasteiger partial charge < -0.3 is 31.0 Å². The largest absolute Gasteiger partial charge is 0.477 e. The van der Waals surface area contributed by atoms with Gasteiger partial charge >= 0.3 is 12.1 Å². The molecule has 16 heteroatoms. The van der Waals surface area contributed by atoms with Crippen LogP contribution in [-0.4, -0.2) is 78.0 Å². The molecule has 3 amide bonds. The van der Waals surface area contributed by atoms with Crippen LogP contribution < -0.4 is 16.4 Å². The Morgan fingerprint density at radius 3 is 2.69 bits per heavy atom. The zero-order chi connectivity index (χ0) is 26.7. The fourth-order valence-corrected chi connectivity index (χ4v) is 5.09. The Labute approximate surface area is 214 Å². The lowest BCUT2D eigenvalue weighted by atomic mass is 10.1. The monoisotopic (exact) mass is 541 g/mol. The van der Waals surface area contributed by atoms with Gasteiger partial charge in [-0.05, 0) is 33.8 Å². The molecule has 1 unspecified atom stereocenters. The van der Waals surface area contributed by atoms with E-state index in [-0.39, 0.29) is 47.8 Å². The highest BCUT2D eigenvalue weighted by Crippen LogP contribution is 2.44. The zero-order valence-electron chi connectivity index (χ0n) is 20.1. The second-order valence-electron chi connectivity index (χ2n) is 8.95. The van der Waals surface area contributed by atoms with Gasteiger partial charge in [0.2, 0.25) is 17.4 Å². The predicted octanol–water partition coefficient (Wildman–Crippen LogP) is 0.862. The molecule has 2 atom stereocenters. The molecule has 1 saturated heterocycles. The van der Waals surface area contributed by atoms with Gasteiger partial charge in [-0.25, -0.2) is 9.59 Å². The fraction of sp³-hybridized carbons (Fsp3) is 0.550. The molecule has 0 aromatic carbocycles. The van der Waals surface area contributed by atoms with E-state index in [9.17, 15) is 24.3 Å². The summed E-state index contributed by atoms with van der Waals surface area (Å²) in [7, 11) is 0. The maximum Gasteiger partial charge on any atom is 0.407 e. The van der Waals surface area contributed by atoms with Crippen molar-refractivity contribution >= 4 is 58.0 Å². The number of nitrogens with two attached hydrogens (primary N) is 1. The van der Waals surface area contributed by atoms with Gasteiger partial charge in [0.25, 0.3) is 5.91 Å². The van der Waals surface area contributed by atoms with Crippen molar-refractivity contribution in [1.82, 2.24) is 24.9 Å². The van der Waals surface area contributed by atoms with E-state index in [1.165, 1.54) is 22.7 Å². The van der Waals surface area contributed by atoms with E-state index in [2.05, 4.69) is 25.1 Å². The Kier molecular flexibility index (Phi) is 8.08. The lowest BCUT2D eigenvalue weighted by molar-refractivity contribution is -0.146. The summed E-state index contributed by atoms with van der Waals surface area (Å²) >= 11 is 2.08. The van der Waals surface area contributed by atoms with Crippen LogP contribution in [0, 0.1) is 0 Å². The minimum absolute atomic E-state index is 0.0560. The molecule has 14 nitrogen and oxygen atoms in total. The maximum atomic E-state index is 13.1. The molecule has 5 N–H and O–H groups in total. The summed E-state index contributed by atoms with van der Waals surface area (Å²) in [6.45, 7) is 7.18. The first-order chi connectivity index (χ1) is 16.8. The number of carboxylic acid groups (broad SMARTS) is 1. The minimum atomic E-state index is -1.28. The van der Waals surface area contributed by atoms with Crippen molar-refractivity contribution in [2.45, 2.75) is 56.4 Å². The summed E-state index contributed by atoms with van der Waals surface area (Å²) in [4.78, 5) is 57.6. The van der Waals surface area contributed by atoms with Crippen LogP contribution in [-0.2, 0) is 24.0 Å². The first-order valence-corrected chi connectivity index (χ1v) is 12.5. The Morgan fingerprint density at radius 1 is 1.39 bits per heavy atom. The molecule has 2 aliphatic rings. The van der Waals surface area contributed by atoms with E-state index >= 15 is 0 Å². The Morgan fingerprint density at radius 2 is 2.11 bits per heavy atom. The molecule has 36 heavy (non-hydrogen) atoms. The summed E-state index contributed by atoms with van der Waals surface area (Å²) in [5.41, 5.74) is 4.56. The highest BCUT2D eigenvalue weighted by molar-refractivity contribution is 8.01. The van der Waals surface area contributed by atoms with Crippen LogP contribution in [0.25, 0.3) is 0 Å². The lowest BCUT2D eigenvalue weighted by Gasteiger charge is -2.47. The molecular formula is C20H27N7O7S2. The van der Waals surface area contributed by atoms with Crippen molar-refractivity contribution in [2.75, 3.05) is 18.9 Å². The van der Waals surface area contributed by atoms with Crippen LogP contribution in [0.4, 0.5) is 9.93 Å². The van der Waals surface area contributed by atoms with Crippen molar-refractivity contribution < 1.29 is 33.9 Å². The number of hydrogen-bond donors (Lipinski definition) is 4. The maximum absolute atomic E-state index is 13.1. The van der Waals surface area contributed by atoms with Gasteiger partial charge in [0, 0.05) is 24.5 Å². The van der Waals surface area contributed by atoms with E-state index in [0.717, 1.165) is 11.5 Å². The van der Waals surface area contributed by atoms with E-state index < -0.39 is 33.8 Å². The third-order valence-corrected chi connectivity index (χ3v) is 6.55. The molecule has 0 radical (unpaired) electrons. The molecule has 1 aromatic rings. The number of rotatable bonds is 9. The van der Waals surface area contributed by atoms with Gasteiger partial charge in [-0.1, -0.05) is 5.16 Å². The summed E-state index contributed by atoms with van der Waals surface area (Å²) < 4.78 is 9.15. The number of aliphatic carboxylic acids is 1. The first-order valence-electron chi connectivity index (χ1n) is 10.8. The lowest BCUT2D eigenvalue weighted by Crippen LogP contribution is -2.59. The Bertz CT molecular complexity index is 1110. The molecular weight excluding hydrogens is 514 g/mol. The number of fused-ring (bicyclic) bond motifs is 1. The highest BCUT2D eigenvalue weighted by atomic mass is 32.2. The molecule has 2 aliphatic heterocycles. The average molecular weight is 542 g/mol. The van der Waals surface area contributed by atoms with Gasteiger partial charge in [0.15, 0.2) is 5.13 Å². The number of thioether (sulfide) groups is 1. The number of β-lactam (4-membered cyclic amide) rings is 1. The van der Waals surface area contributed by atoms with Crippen LogP contribution >= 0.6 is 23.3 Å². The molecule has 0 saturated carbocycles. The molecule has 196 valence electrons.